The van der Waals surface area contributed by atoms with Crippen molar-refractivity contribution in [1.82, 2.24) is 10.5 Å². The molecule has 0 saturated heterocycles. The zero-order valence-electron chi connectivity index (χ0n) is 12.3. The van der Waals surface area contributed by atoms with Gasteiger partial charge in [0.15, 0.2) is 11.5 Å². The number of amides is 1. The minimum absolute atomic E-state index is 0.219. The van der Waals surface area contributed by atoms with Crippen molar-refractivity contribution >= 4 is 23.1 Å². The number of ether oxygens (including phenoxy) is 1. The van der Waals surface area contributed by atoms with E-state index in [4.69, 9.17) is 27.2 Å². The molecule has 1 fully saturated rings. The van der Waals surface area contributed by atoms with Crippen molar-refractivity contribution in [1.29, 1.82) is 0 Å². The molecule has 3 N–H and O–H groups in total. The quantitative estimate of drug-likeness (QED) is 0.806. The molecule has 2 rings (SSSR count). The first-order valence-electron chi connectivity index (χ1n) is 7.04. The Morgan fingerprint density at radius 2 is 2.29 bits per heavy atom. The van der Waals surface area contributed by atoms with Crippen LogP contribution in [0.4, 0.5) is 0 Å². The molecule has 0 unspecified atom stereocenters. The summed E-state index contributed by atoms with van der Waals surface area (Å²) >= 11 is 5.18. The van der Waals surface area contributed by atoms with Crippen molar-refractivity contribution in [2.75, 3.05) is 7.11 Å². The Hall–Kier alpha value is -1.47. The van der Waals surface area contributed by atoms with E-state index in [-0.39, 0.29) is 18.2 Å². The van der Waals surface area contributed by atoms with Crippen LogP contribution in [0, 0.1) is 5.92 Å². The Balaban J connectivity index is 2.09. The molecule has 1 aliphatic rings. The van der Waals surface area contributed by atoms with Crippen molar-refractivity contribution in [2.24, 2.45) is 11.7 Å². The summed E-state index contributed by atoms with van der Waals surface area (Å²) in [5, 5.41) is 6.71. The number of nitrogens with zero attached hydrogens (tertiary/aromatic N) is 1. The SMILES string of the molecule is COCc1cc(C(=O)NC2(C(N)=S)CCC(C)CC2)no1. The van der Waals surface area contributed by atoms with Crippen LogP contribution in [0.1, 0.15) is 48.9 Å². The highest BCUT2D eigenvalue weighted by atomic mass is 32.1. The van der Waals surface area contributed by atoms with Gasteiger partial charge < -0.3 is 20.3 Å². The number of hydrogen-bond acceptors (Lipinski definition) is 5. The smallest absolute Gasteiger partial charge is 0.274 e. The molecule has 1 aliphatic carbocycles. The van der Waals surface area contributed by atoms with E-state index in [1.807, 2.05) is 0 Å². The Labute approximate surface area is 129 Å². The molecule has 1 saturated carbocycles. The fourth-order valence-electron chi connectivity index (χ4n) is 2.60. The minimum Gasteiger partial charge on any atom is -0.391 e. The monoisotopic (exact) mass is 311 g/mol. The van der Waals surface area contributed by atoms with Crippen LogP contribution < -0.4 is 11.1 Å². The molecule has 0 aliphatic heterocycles. The molecule has 6 nitrogen and oxygen atoms in total. The molecule has 1 aromatic rings. The van der Waals surface area contributed by atoms with Crippen molar-refractivity contribution < 1.29 is 14.1 Å². The molecule has 7 heteroatoms. The molecule has 0 aromatic carbocycles. The Morgan fingerprint density at radius 1 is 1.62 bits per heavy atom. The summed E-state index contributed by atoms with van der Waals surface area (Å²) in [7, 11) is 1.55. The molecule has 0 spiro atoms. The largest absolute Gasteiger partial charge is 0.391 e. The molecule has 0 radical (unpaired) electrons. The van der Waals surface area contributed by atoms with Crippen LogP contribution in [0.25, 0.3) is 0 Å². The van der Waals surface area contributed by atoms with Gasteiger partial charge in [0.25, 0.3) is 5.91 Å². The predicted octanol–water partition coefficient (Wildman–Crippen LogP) is 1.79. The number of carbonyl (C=O) groups excluding carboxylic acids is 1. The normalized spacial score (nSPS) is 25.5. The number of hydrogen-bond donors (Lipinski definition) is 2. The maximum Gasteiger partial charge on any atom is 0.274 e. The van der Waals surface area contributed by atoms with Crippen molar-refractivity contribution in [2.45, 2.75) is 44.8 Å². The lowest BCUT2D eigenvalue weighted by atomic mass is 9.77. The van der Waals surface area contributed by atoms with Crippen LogP contribution in [-0.4, -0.2) is 28.7 Å². The average molecular weight is 311 g/mol. The number of carbonyl (C=O) groups is 1. The lowest BCUT2D eigenvalue weighted by Gasteiger charge is -2.39. The van der Waals surface area contributed by atoms with Crippen LogP contribution in [-0.2, 0) is 11.3 Å². The second-order valence-electron chi connectivity index (χ2n) is 5.69. The number of nitrogens with one attached hydrogen (secondary N) is 1. The lowest BCUT2D eigenvalue weighted by molar-refractivity contribution is 0.0890. The van der Waals surface area contributed by atoms with Crippen molar-refractivity contribution in [3.63, 3.8) is 0 Å². The summed E-state index contributed by atoms with van der Waals surface area (Å²) in [4.78, 5) is 12.7. The van der Waals surface area contributed by atoms with E-state index in [0.29, 0.717) is 16.7 Å². The Kier molecular flexibility index (Phi) is 4.95. The summed E-state index contributed by atoms with van der Waals surface area (Å²) in [5.74, 6) is 0.817. The Bertz CT molecular complexity index is 521. The number of rotatable bonds is 5. The van der Waals surface area contributed by atoms with Gasteiger partial charge in [-0.2, -0.15) is 0 Å². The van der Waals surface area contributed by atoms with Crippen LogP contribution in [0.3, 0.4) is 0 Å². The van der Waals surface area contributed by atoms with Gasteiger partial charge in [0.2, 0.25) is 0 Å². The van der Waals surface area contributed by atoms with Crippen LogP contribution in [0.5, 0.6) is 0 Å². The molecule has 0 atom stereocenters. The standard InChI is InChI=1S/C14H21N3O3S/c1-9-3-5-14(6-4-9,13(15)21)16-12(18)11-7-10(8-19-2)20-17-11/h7,9H,3-6,8H2,1-2H3,(H2,15,21)(H,16,18). The zero-order valence-corrected chi connectivity index (χ0v) is 13.2. The fourth-order valence-corrected chi connectivity index (χ4v) is 2.85. The third-order valence-corrected chi connectivity index (χ3v) is 4.42. The van der Waals surface area contributed by atoms with Crippen molar-refractivity contribution in [3.8, 4) is 0 Å². The lowest BCUT2D eigenvalue weighted by Crippen LogP contribution is -2.58. The minimum atomic E-state index is -0.612. The summed E-state index contributed by atoms with van der Waals surface area (Å²) in [6.45, 7) is 2.47. The number of methoxy groups -OCH3 is 1. The maximum absolute atomic E-state index is 12.3. The molecular weight excluding hydrogens is 290 g/mol. The first-order chi connectivity index (χ1) is 9.97. The van der Waals surface area contributed by atoms with Gasteiger partial charge in [0.05, 0.1) is 10.5 Å². The predicted molar refractivity (Wildman–Crippen MR) is 81.8 cm³/mol. The van der Waals surface area contributed by atoms with Gasteiger partial charge in [0, 0.05) is 13.2 Å². The van der Waals surface area contributed by atoms with E-state index < -0.39 is 5.54 Å². The van der Waals surface area contributed by atoms with Gasteiger partial charge >= 0.3 is 0 Å². The van der Waals surface area contributed by atoms with Crippen LogP contribution in [0.2, 0.25) is 0 Å². The summed E-state index contributed by atoms with van der Waals surface area (Å²) in [5.41, 5.74) is 5.49. The molecule has 1 aromatic heterocycles. The van der Waals surface area contributed by atoms with E-state index in [0.717, 1.165) is 25.7 Å². The van der Waals surface area contributed by atoms with E-state index in [1.54, 1.807) is 13.2 Å². The van der Waals surface area contributed by atoms with E-state index in [9.17, 15) is 4.79 Å². The first kappa shape index (κ1) is 15.9. The summed E-state index contributed by atoms with van der Waals surface area (Å²) in [6.07, 6.45) is 3.51. The maximum atomic E-state index is 12.3. The number of aromatic nitrogens is 1. The van der Waals surface area contributed by atoms with E-state index in [1.165, 1.54) is 0 Å². The molecule has 1 heterocycles. The summed E-state index contributed by atoms with van der Waals surface area (Å²) < 4.78 is 9.96. The molecule has 116 valence electrons. The first-order valence-corrected chi connectivity index (χ1v) is 7.44. The third-order valence-electron chi connectivity index (χ3n) is 4.03. The van der Waals surface area contributed by atoms with Gasteiger partial charge in [-0.25, -0.2) is 0 Å². The highest BCUT2D eigenvalue weighted by molar-refractivity contribution is 7.80. The van der Waals surface area contributed by atoms with Gasteiger partial charge in [-0.15, -0.1) is 0 Å². The summed E-state index contributed by atoms with van der Waals surface area (Å²) in [6, 6.07) is 1.57. The molecular formula is C14H21N3O3S. The van der Waals surface area contributed by atoms with Crippen molar-refractivity contribution in [3.05, 3.63) is 17.5 Å². The number of nitrogens with two attached hydrogens (primary N) is 1. The zero-order chi connectivity index (χ0) is 15.5. The van der Waals surface area contributed by atoms with Gasteiger partial charge in [-0.05, 0) is 31.6 Å². The Morgan fingerprint density at radius 3 is 2.86 bits per heavy atom. The highest BCUT2D eigenvalue weighted by Gasteiger charge is 2.39. The molecule has 0 bridgehead atoms. The second kappa shape index (κ2) is 6.53. The van der Waals surface area contributed by atoms with E-state index >= 15 is 0 Å². The topological polar surface area (TPSA) is 90.4 Å². The highest BCUT2D eigenvalue weighted by Crippen LogP contribution is 2.32. The fraction of sp³-hybridized carbons (Fsp3) is 0.643. The van der Waals surface area contributed by atoms with Crippen LogP contribution in [0.15, 0.2) is 10.6 Å². The average Bonchev–Trinajstić information content (AvgIpc) is 2.90. The van der Waals surface area contributed by atoms with Gasteiger partial charge in [0.1, 0.15) is 6.61 Å². The molecule has 21 heavy (non-hydrogen) atoms. The number of thiocarbonyl (C=S) groups is 1. The van der Waals surface area contributed by atoms with Crippen LogP contribution >= 0.6 is 12.2 Å². The third kappa shape index (κ3) is 3.59. The second-order valence-corrected chi connectivity index (χ2v) is 6.13. The van der Waals surface area contributed by atoms with Gasteiger partial charge in [-0.1, -0.05) is 24.3 Å². The van der Waals surface area contributed by atoms with Gasteiger partial charge in [-0.3, -0.25) is 4.79 Å². The molecule has 1 amide bonds. The van der Waals surface area contributed by atoms with E-state index in [2.05, 4.69) is 17.4 Å².